The third-order valence-corrected chi connectivity index (χ3v) is 4.33. The van der Waals surface area contributed by atoms with Crippen molar-refractivity contribution in [2.45, 2.75) is 30.2 Å². The van der Waals surface area contributed by atoms with E-state index in [1.54, 1.807) is 6.08 Å². The maximum absolute atomic E-state index is 11.1. The molecule has 0 saturated carbocycles. The number of hydrogen-bond acceptors (Lipinski definition) is 3. The van der Waals surface area contributed by atoms with Crippen molar-refractivity contribution in [3.05, 3.63) is 12.2 Å². The molecule has 0 bridgehead atoms. The molecule has 0 radical (unpaired) electrons. The number of carboxylic acid groups (broad SMARTS) is 1. The summed E-state index contributed by atoms with van der Waals surface area (Å²) in [5.74, 6) is 0.0317. The van der Waals surface area contributed by atoms with Gasteiger partial charge in [-0.25, -0.2) is 9.59 Å². The summed E-state index contributed by atoms with van der Waals surface area (Å²) in [6.45, 7) is 0. The third kappa shape index (κ3) is 2.49. The van der Waals surface area contributed by atoms with Crippen molar-refractivity contribution in [3.63, 3.8) is 0 Å². The predicted octanol–water partition coefficient (Wildman–Crippen LogP) is 0.573. The molecule has 2 saturated heterocycles. The number of carbonyl (C=O) groups is 2. The van der Waals surface area contributed by atoms with Gasteiger partial charge in [-0.15, -0.1) is 0 Å². The minimum Gasteiger partial charge on any atom is -0.478 e. The standard InChI is InChI=1S/C10H14N2O3S/c13-8(14)4-2-1-3-7-9-6(5-16-7)11-10(15)12-9/h2,4,6-7,9H,1,3,5H2,(H,13,14)(H2,11,12,15)/b4-2+. The maximum atomic E-state index is 11.1. The van der Waals surface area contributed by atoms with E-state index in [0.29, 0.717) is 5.25 Å². The van der Waals surface area contributed by atoms with Crippen LogP contribution in [-0.2, 0) is 4.79 Å². The molecule has 5 nitrogen and oxygen atoms in total. The molecule has 2 heterocycles. The van der Waals surface area contributed by atoms with E-state index in [1.165, 1.54) is 6.08 Å². The molecule has 2 aliphatic rings. The number of aliphatic carboxylic acids is 1. The average Bonchev–Trinajstić information content (AvgIpc) is 2.72. The molecule has 0 aromatic rings. The molecule has 0 aliphatic carbocycles. The summed E-state index contributed by atoms with van der Waals surface area (Å²) >= 11 is 1.84. The Morgan fingerprint density at radius 2 is 2.38 bits per heavy atom. The molecular weight excluding hydrogens is 228 g/mol. The smallest absolute Gasteiger partial charge is 0.327 e. The van der Waals surface area contributed by atoms with Crippen LogP contribution in [0.1, 0.15) is 12.8 Å². The Balaban J connectivity index is 1.78. The SMILES string of the molecule is O=C(O)/C=C/CCC1SCC2NC(=O)NC21. The molecule has 3 N–H and O–H groups in total. The number of nitrogens with one attached hydrogen (secondary N) is 2. The summed E-state index contributed by atoms with van der Waals surface area (Å²) in [5, 5.41) is 14.6. The zero-order chi connectivity index (χ0) is 11.5. The van der Waals surface area contributed by atoms with Gasteiger partial charge in [0.25, 0.3) is 0 Å². The van der Waals surface area contributed by atoms with E-state index in [0.717, 1.165) is 18.6 Å². The van der Waals surface area contributed by atoms with E-state index < -0.39 is 5.97 Å². The van der Waals surface area contributed by atoms with Gasteiger partial charge >= 0.3 is 12.0 Å². The second-order valence-electron chi connectivity index (χ2n) is 3.94. The lowest BCUT2D eigenvalue weighted by Gasteiger charge is -2.15. The Morgan fingerprint density at radius 1 is 1.56 bits per heavy atom. The first kappa shape index (κ1) is 11.3. The fraction of sp³-hybridized carbons (Fsp3) is 0.600. The second kappa shape index (κ2) is 4.78. The van der Waals surface area contributed by atoms with Crippen LogP contribution in [0.4, 0.5) is 4.79 Å². The summed E-state index contributed by atoms with van der Waals surface area (Å²) in [7, 11) is 0. The number of carboxylic acids is 1. The van der Waals surface area contributed by atoms with Gasteiger partial charge in [0.05, 0.1) is 12.1 Å². The van der Waals surface area contributed by atoms with Gasteiger partial charge in [0.15, 0.2) is 0 Å². The minimum absolute atomic E-state index is 0.0821. The summed E-state index contributed by atoms with van der Waals surface area (Å²) < 4.78 is 0. The van der Waals surface area contributed by atoms with Crippen molar-refractivity contribution < 1.29 is 14.7 Å². The second-order valence-corrected chi connectivity index (χ2v) is 5.21. The molecule has 2 fully saturated rings. The number of amides is 2. The molecule has 6 heteroatoms. The van der Waals surface area contributed by atoms with E-state index in [-0.39, 0.29) is 18.1 Å². The number of fused-ring (bicyclic) bond motifs is 1. The van der Waals surface area contributed by atoms with Crippen molar-refractivity contribution in [2.24, 2.45) is 0 Å². The number of rotatable bonds is 4. The van der Waals surface area contributed by atoms with Gasteiger partial charge in [0, 0.05) is 17.1 Å². The van der Waals surface area contributed by atoms with Gasteiger partial charge in [0.2, 0.25) is 0 Å². The highest BCUT2D eigenvalue weighted by molar-refractivity contribution is 8.00. The van der Waals surface area contributed by atoms with Crippen LogP contribution in [0.3, 0.4) is 0 Å². The molecule has 2 aliphatic heterocycles. The lowest BCUT2D eigenvalue weighted by Crippen LogP contribution is -2.36. The van der Waals surface area contributed by atoms with Gasteiger partial charge in [-0.3, -0.25) is 0 Å². The molecule has 3 atom stereocenters. The minimum atomic E-state index is -0.909. The summed E-state index contributed by atoms with van der Waals surface area (Å²) in [5.41, 5.74) is 0. The molecule has 2 amide bonds. The average molecular weight is 242 g/mol. The van der Waals surface area contributed by atoms with Crippen LogP contribution >= 0.6 is 11.8 Å². The molecule has 2 rings (SSSR count). The van der Waals surface area contributed by atoms with E-state index in [1.807, 2.05) is 11.8 Å². The van der Waals surface area contributed by atoms with Crippen LogP contribution in [0, 0.1) is 0 Å². The Hall–Kier alpha value is -1.17. The van der Waals surface area contributed by atoms with Crippen molar-refractivity contribution in [2.75, 3.05) is 5.75 Å². The summed E-state index contributed by atoms with van der Waals surface area (Å²) in [6.07, 6.45) is 4.48. The lowest BCUT2D eigenvalue weighted by molar-refractivity contribution is -0.131. The van der Waals surface area contributed by atoms with Crippen LogP contribution in [0.15, 0.2) is 12.2 Å². The van der Waals surface area contributed by atoms with Crippen LogP contribution in [0.2, 0.25) is 0 Å². The number of thioether (sulfide) groups is 1. The molecule has 88 valence electrons. The van der Waals surface area contributed by atoms with Gasteiger partial charge in [0.1, 0.15) is 0 Å². The summed E-state index contributed by atoms with van der Waals surface area (Å²) in [6, 6.07) is 0.364. The Kier molecular flexibility index (Phi) is 3.38. The molecule has 16 heavy (non-hydrogen) atoms. The lowest BCUT2D eigenvalue weighted by atomic mass is 10.0. The topological polar surface area (TPSA) is 78.4 Å². The molecular formula is C10H14N2O3S. The zero-order valence-electron chi connectivity index (χ0n) is 8.68. The number of hydrogen-bond donors (Lipinski definition) is 3. The summed E-state index contributed by atoms with van der Waals surface area (Å²) in [4.78, 5) is 21.4. The molecule has 0 aromatic carbocycles. The predicted molar refractivity (Wildman–Crippen MR) is 61.5 cm³/mol. The maximum Gasteiger partial charge on any atom is 0.327 e. The van der Waals surface area contributed by atoms with E-state index >= 15 is 0 Å². The molecule has 3 unspecified atom stereocenters. The fourth-order valence-electron chi connectivity index (χ4n) is 2.09. The van der Waals surface area contributed by atoms with Crippen molar-refractivity contribution >= 4 is 23.8 Å². The van der Waals surface area contributed by atoms with E-state index in [4.69, 9.17) is 5.11 Å². The quantitative estimate of drug-likeness (QED) is 0.497. The third-order valence-electron chi connectivity index (χ3n) is 2.82. The van der Waals surface area contributed by atoms with E-state index in [9.17, 15) is 9.59 Å². The zero-order valence-corrected chi connectivity index (χ0v) is 9.50. The highest BCUT2D eigenvalue weighted by Crippen LogP contribution is 2.32. The first-order valence-corrected chi connectivity index (χ1v) is 6.30. The van der Waals surface area contributed by atoms with Gasteiger partial charge in [-0.05, 0) is 12.8 Å². The Morgan fingerprint density at radius 3 is 3.12 bits per heavy atom. The highest BCUT2D eigenvalue weighted by Gasteiger charge is 2.42. The van der Waals surface area contributed by atoms with Gasteiger partial charge in [-0.2, -0.15) is 11.8 Å². The first-order valence-electron chi connectivity index (χ1n) is 5.25. The number of allylic oxidation sites excluding steroid dienone is 1. The van der Waals surface area contributed by atoms with Crippen LogP contribution in [-0.4, -0.2) is 40.2 Å². The van der Waals surface area contributed by atoms with E-state index in [2.05, 4.69) is 10.6 Å². The number of urea groups is 1. The normalized spacial score (nSPS) is 32.5. The monoisotopic (exact) mass is 242 g/mol. The van der Waals surface area contributed by atoms with Gasteiger partial charge in [-0.1, -0.05) is 6.08 Å². The first-order chi connectivity index (χ1) is 7.66. The molecule has 0 aromatic heterocycles. The molecule has 0 spiro atoms. The van der Waals surface area contributed by atoms with Crippen molar-refractivity contribution in [3.8, 4) is 0 Å². The Bertz CT molecular complexity index is 332. The van der Waals surface area contributed by atoms with Crippen LogP contribution in [0.5, 0.6) is 0 Å². The van der Waals surface area contributed by atoms with Crippen LogP contribution < -0.4 is 10.6 Å². The van der Waals surface area contributed by atoms with Gasteiger partial charge < -0.3 is 15.7 Å². The van der Waals surface area contributed by atoms with Crippen molar-refractivity contribution in [1.82, 2.24) is 10.6 Å². The largest absolute Gasteiger partial charge is 0.478 e. The fourth-order valence-corrected chi connectivity index (χ4v) is 3.60. The van der Waals surface area contributed by atoms with Crippen LogP contribution in [0.25, 0.3) is 0 Å². The highest BCUT2D eigenvalue weighted by atomic mass is 32.2. The number of carbonyl (C=O) groups excluding carboxylic acids is 1. The Labute approximate surface area is 97.7 Å². The van der Waals surface area contributed by atoms with Crippen molar-refractivity contribution in [1.29, 1.82) is 0 Å².